The van der Waals surface area contributed by atoms with Crippen molar-refractivity contribution < 1.29 is 28.9 Å². The molecule has 9 nitrogen and oxygen atoms in total. The van der Waals surface area contributed by atoms with E-state index in [9.17, 15) is 14.7 Å². The number of benzene rings is 2. The number of amides is 1. The van der Waals surface area contributed by atoms with Crippen molar-refractivity contribution >= 4 is 51.3 Å². The van der Waals surface area contributed by atoms with Gasteiger partial charge in [-0.05, 0) is 41.6 Å². The van der Waals surface area contributed by atoms with Crippen LogP contribution in [0.4, 0.5) is 5.13 Å². The molecule has 1 unspecified atom stereocenters. The lowest BCUT2D eigenvalue weighted by atomic mass is 9.95. The minimum atomic E-state index is -1.02. The summed E-state index contributed by atoms with van der Waals surface area (Å²) in [5.74, 6) is -0.137. The van der Waals surface area contributed by atoms with E-state index in [0.29, 0.717) is 37.8 Å². The predicted octanol–water partition coefficient (Wildman–Crippen LogP) is 6.01. The molecule has 1 aliphatic rings. The van der Waals surface area contributed by atoms with Crippen LogP contribution < -0.4 is 19.1 Å². The van der Waals surface area contributed by atoms with Gasteiger partial charge in [-0.25, -0.2) is 0 Å². The van der Waals surface area contributed by atoms with Gasteiger partial charge in [0.2, 0.25) is 16.7 Å². The first-order chi connectivity index (χ1) is 19.4. The summed E-state index contributed by atoms with van der Waals surface area (Å²) in [6.45, 7) is 2.03. The Labute approximate surface area is 243 Å². The van der Waals surface area contributed by atoms with Gasteiger partial charge in [0, 0.05) is 5.75 Å². The van der Waals surface area contributed by atoms with Gasteiger partial charge in [-0.15, -0.1) is 21.5 Å². The largest absolute Gasteiger partial charge is 0.503 e. The van der Waals surface area contributed by atoms with Gasteiger partial charge in [-0.2, -0.15) is 0 Å². The number of aliphatic hydroxyl groups is 1. The number of carbonyl (C=O) groups excluding carboxylic acids is 2. The average Bonchev–Trinajstić information content (AvgIpc) is 3.72. The summed E-state index contributed by atoms with van der Waals surface area (Å²) >= 11 is 3.92. The maximum atomic E-state index is 13.6. The Morgan fingerprint density at radius 1 is 1.05 bits per heavy atom. The third-order valence-corrected chi connectivity index (χ3v) is 9.28. The van der Waals surface area contributed by atoms with Crippen LogP contribution in [0.2, 0.25) is 0 Å². The van der Waals surface area contributed by atoms with Crippen molar-refractivity contribution in [3.63, 3.8) is 0 Å². The van der Waals surface area contributed by atoms with E-state index >= 15 is 0 Å². The first kappa shape index (κ1) is 27.7. The van der Waals surface area contributed by atoms with Crippen LogP contribution in [0.3, 0.4) is 0 Å². The number of rotatable bonds is 10. The van der Waals surface area contributed by atoms with E-state index in [1.165, 1.54) is 66.2 Å². The summed E-state index contributed by atoms with van der Waals surface area (Å²) in [6.07, 6.45) is 0. The second-order valence-electron chi connectivity index (χ2n) is 8.73. The fourth-order valence-electron chi connectivity index (χ4n) is 4.34. The van der Waals surface area contributed by atoms with E-state index in [1.54, 1.807) is 29.6 Å². The molecule has 1 N–H and O–H groups in total. The molecule has 0 bridgehead atoms. The highest BCUT2D eigenvalue weighted by Crippen LogP contribution is 2.48. The Hall–Kier alpha value is -3.87. The van der Waals surface area contributed by atoms with Crippen molar-refractivity contribution in [3.05, 3.63) is 86.8 Å². The summed E-state index contributed by atoms with van der Waals surface area (Å²) in [5.41, 5.74) is 2.71. The minimum absolute atomic E-state index is 0.0641. The second-order valence-corrected chi connectivity index (χ2v) is 11.9. The Morgan fingerprint density at radius 2 is 1.75 bits per heavy atom. The fraction of sp³-hybridized carbons (Fsp3) is 0.214. The lowest BCUT2D eigenvalue weighted by Crippen LogP contribution is -2.31. The monoisotopic (exact) mass is 595 g/mol. The zero-order chi connectivity index (χ0) is 28.4. The van der Waals surface area contributed by atoms with E-state index in [2.05, 4.69) is 22.3 Å². The van der Waals surface area contributed by atoms with E-state index in [4.69, 9.17) is 14.2 Å². The van der Waals surface area contributed by atoms with Gasteiger partial charge in [-0.3, -0.25) is 14.5 Å². The zero-order valence-electron chi connectivity index (χ0n) is 22.0. The molecule has 1 aliphatic heterocycles. The smallest absolute Gasteiger partial charge is 0.296 e. The number of ketones is 1. The molecule has 206 valence electrons. The van der Waals surface area contributed by atoms with Crippen LogP contribution in [0.5, 0.6) is 17.2 Å². The number of aliphatic hydroxyl groups excluding tert-OH is 1. The van der Waals surface area contributed by atoms with Crippen molar-refractivity contribution in [2.45, 2.75) is 23.1 Å². The Bertz CT molecular complexity index is 1560. The van der Waals surface area contributed by atoms with Crippen molar-refractivity contribution in [3.8, 4) is 17.2 Å². The maximum absolute atomic E-state index is 13.6. The molecular weight excluding hydrogens is 571 g/mol. The van der Waals surface area contributed by atoms with Crippen LogP contribution in [0, 0.1) is 6.92 Å². The van der Waals surface area contributed by atoms with Gasteiger partial charge in [0.15, 0.2) is 21.6 Å². The molecule has 4 aromatic rings. The van der Waals surface area contributed by atoms with Crippen molar-refractivity contribution in [2.24, 2.45) is 0 Å². The minimum Gasteiger partial charge on any atom is -0.503 e. The van der Waals surface area contributed by atoms with Crippen LogP contribution in [-0.2, 0) is 10.5 Å². The van der Waals surface area contributed by atoms with Crippen LogP contribution in [0.1, 0.15) is 32.4 Å². The lowest BCUT2D eigenvalue weighted by molar-refractivity contribution is -0.117. The van der Waals surface area contributed by atoms with E-state index in [0.717, 1.165) is 5.56 Å². The van der Waals surface area contributed by atoms with Gasteiger partial charge in [0.25, 0.3) is 5.91 Å². The summed E-state index contributed by atoms with van der Waals surface area (Å²) in [4.78, 5) is 28.9. The van der Waals surface area contributed by atoms with Crippen LogP contribution in [0.25, 0.3) is 0 Å². The highest BCUT2D eigenvalue weighted by atomic mass is 32.2. The molecule has 0 fully saturated rings. The SMILES string of the molecule is COc1cc(C2C(C(=O)c3cccs3)=C(O)C(=O)N2c2nnc(SCc3ccc(C)cc3)s2)cc(OC)c1OC. The topological polar surface area (TPSA) is 111 Å². The van der Waals surface area contributed by atoms with E-state index in [1.807, 2.05) is 19.1 Å². The van der Waals surface area contributed by atoms with E-state index < -0.39 is 23.5 Å². The summed E-state index contributed by atoms with van der Waals surface area (Å²) in [7, 11) is 4.44. The zero-order valence-corrected chi connectivity index (χ0v) is 24.5. The van der Waals surface area contributed by atoms with Gasteiger partial charge in [-0.1, -0.05) is 59.0 Å². The fourth-order valence-corrected chi connectivity index (χ4v) is 6.84. The van der Waals surface area contributed by atoms with Gasteiger partial charge in [0.1, 0.15) is 0 Å². The van der Waals surface area contributed by atoms with Crippen LogP contribution in [-0.4, -0.2) is 48.3 Å². The first-order valence-corrected chi connectivity index (χ1v) is 14.7. The standard InChI is InChI=1S/C28H25N3O6S3/c1-15-7-9-16(10-8-15)14-39-28-30-29-27(40-28)31-22(17-12-18(35-2)25(37-4)19(13-17)36-3)21(24(33)26(31)34)23(32)20-6-5-11-38-20/h5-13,22,33H,14H2,1-4H3. The van der Waals surface area contributed by atoms with Crippen molar-refractivity contribution in [1.29, 1.82) is 0 Å². The molecule has 0 aliphatic carbocycles. The Morgan fingerprint density at radius 3 is 2.35 bits per heavy atom. The predicted molar refractivity (Wildman–Crippen MR) is 155 cm³/mol. The molecule has 0 saturated heterocycles. The second kappa shape index (κ2) is 11.7. The van der Waals surface area contributed by atoms with Gasteiger partial charge < -0.3 is 19.3 Å². The van der Waals surface area contributed by atoms with Gasteiger partial charge in [0.05, 0.1) is 37.8 Å². The molecule has 3 heterocycles. The number of anilines is 1. The molecule has 5 rings (SSSR count). The first-order valence-electron chi connectivity index (χ1n) is 12.0. The molecular formula is C28H25N3O6S3. The number of hydrogen-bond acceptors (Lipinski definition) is 11. The number of carbonyl (C=O) groups is 2. The van der Waals surface area contributed by atoms with Crippen molar-refractivity contribution in [1.82, 2.24) is 10.2 Å². The number of Topliss-reactive ketones (excluding diaryl/α,β-unsaturated/α-hetero) is 1. The third-order valence-electron chi connectivity index (χ3n) is 6.29. The summed E-state index contributed by atoms with van der Waals surface area (Å²) in [5, 5.41) is 21.6. The Kier molecular flexibility index (Phi) is 8.10. The number of nitrogens with zero attached hydrogens (tertiary/aromatic N) is 3. The number of hydrogen-bond donors (Lipinski definition) is 1. The number of thioether (sulfide) groups is 1. The number of ether oxygens (including phenoxy) is 3. The molecule has 0 spiro atoms. The van der Waals surface area contributed by atoms with Crippen molar-refractivity contribution in [2.75, 3.05) is 26.2 Å². The number of aryl methyl sites for hydroxylation is 1. The Balaban J connectivity index is 1.56. The number of thiophene rings is 1. The normalized spacial score (nSPS) is 15.1. The molecule has 0 radical (unpaired) electrons. The molecule has 12 heteroatoms. The quantitative estimate of drug-likeness (QED) is 0.134. The summed E-state index contributed by atoms with van der Waals surface area (Å²) in [6, 6.07) is 13.9. The highest BCUT2D eigenvalue weighted by molar-refractivity contribution is 8.00. The summed E-state index contributed by atoms with van der Waals surface area (Å²) < 4.78 is 17.2. The van der Waals surface area contributed by atoms with Gasteiger partial charge >= 0.3 is 0 Å². The molecule has 2 aromatic heterocycles. The van der Waals surface area contributed by atoms with E-state index in [-0.39, 0.29) is 10.7 Å². The third kappa shape index (κ3) is 5.17. The molecule has 40 heavy (non-hydrogen) atoms. The number of methoxy groups -OCH3 is 3. The molecule has 1 atom stereocenters. The molecule has 1 amide bonds. The lowest BCUT2D eigenvalue weighted by Gasteiger charge is -2.25. The highest BCUT2D eigenvalue weighted by Gasteiger charge is 2.47. The van der Waals surface area contributed by atoms with Crippen LogP contribution >= 0.6 is 34.4 Å². The number of aromatic nitrogens is 2. The van der Waals surface area contributed by atoms with Crippen LogP contribution in [0.15, 0.2) is 69.6 Å². The molecule has 2 aromatic carbocycles. The average molecular weight is 596 g/mol. The maximum Gasteiger partial charge on any atom is 0.296 e. The molecule has 0 saturated carbocycles.